The van der Waals surface area contributed by atoms with Crippen molar-refractivity contribution in [3.63, 3.8) is 0 Å². The van der Waals surface area contributed by atoms with Crippen molar-refractivity contribution in [3.8, 4) is 11.5 Å². The van der Waals surface area contributed by atoms with E-state index in [1.54, 1.807) is 7.11 Å². The number of likely N-dealkylation sites (tertiary alicyclic amines) is 1. The molecule has 23 heavy (non-hydrogen) atoms. The quantitative estimate of drug-likeness (QED) is 0.645. The molecule has 1 saturated heterocycles. The number of fused-ring (bicyclic) bond motifs is 3. The van der Waals surface area contributed by atoms with Crippen LogP contribution in [-0.4, -0.2) is 31.1 Å². The number of nitrogens with zero attached hydrogens (tertiary/aromatic N) is 1. The SMILES string of the molecule is COc1cccc2c1[C@H]1CN(Cc3ccccc3)C[C@H]1C(=O)O2. The number of benzene rings is 2. The molecule has 0 aliphatic carbocycles. The van der Waals surface area contributed by atoms with E-state index in [0.717, 1.165) is 30.9 Å². The summed E-state index contributed by atoms with van der Waals surface area (Å²) in [4.78, 5) is 14.7. The summed E-state index contributed by atoms with van der Waals surface area (Å²) in [7, 11) is 1.66. The highest BCUT2D eigenvalue weighted by Crippen LogP contribution is 2.46. The smallest absolute Gasteiger partial charge is 0.316 e. The Bertz CT molecular complexity index is 729. The lowest BCUT2D eigenvalue weighted by molar-refractivity contribution is -0.140. The molecule has 4 nitrogen and oxygen atoms in total. The summed E-state index contributed by atoms with van der Waals surface area (Å²) in [6.45, 7) is 2.43. The van der Waals surface area contributed by atoms with E-state index < -0.39 is 0 Å². The van der Waals surface area contributed by atoms with Gasteiger partial charge in [0.2, 0.25) is 0 Å². The van der Waals surface area contributed by atoms with Gasteiger partial charge in [-0.25, -0.2) is 0 Å². The molecule has 2 aliphatic rings. The first-order valence-electron chi connectivity index (χ1n) is 7.91. The van der Waals surface area contributed by atoms with E-state index in [0.29, 0.717) is 5.75 Å². The molecule has 2 aromatic rings. The first-order valence-corrected chi connectivity index (χ1v) is 7.91. The number of carbonyl (C=O) groups excluding carboxylic acids is 1. The van der Waals surface area contributed by atoms with Crippen LogP contribution in [0.5, 0.6) is 11.5 Å². The largest absolute Gasteiger partial charge is 0.496 e. The zero-order valence-electron chi connectivity index (χ0n) is 13.1. The third-order valence-corrected chi connectivity index (χ3v) is 4.77. The van der Waals surface area contributed by atoms with E-state index >= 15 is 0 Å². The summed E-state index contributed by atoms with van der Waals surface area (Å²) in [5.41, 5.74) is 2.30. The van der Waals surface area contributed by atoms with E-state index in [1.807, 2.05) is 36.4 Å². The lowest BCUT2D eigenvalue weighted by Gasteiger charge is -2.27. The van der Waals surface area contributed by atoms with Crippen LogP contribution in [-0.2, 0) is 11.3 Å². The van der Waals surface area contributed by atoms with Gasteiger partial charge >= 0.3 is 5.97 Å². The summed E-state index contributed by atoms with van der Waals surface area (Å²) >= 11 is 0. The highest BCUT2D eigenvalue weighted by molar-refractivity contribution is 5.81. The molecule has 0 bridgehead atoms. The van der Waals surface area contributed by atoms with Crippen LogP contribution >= 0.6 is 0 Å². The number of hydrogen-bond donors (Lipinski definition) is 0. The molecule has 2 aromatic carbocycles. The molecule has 1 fully saturated rings. The molecule has 0 N–H and O–H groups in total. The minimum Gasteiger partial charge on any atom is -0.496 e. The number of esters is 1. The van der Waals surface area contributed by atoms with E-state index in [-0.39, 0.29) is 17.8 Å². The Morgan fingerprint density at radius 3 is 2.65 bits per heavy atom. The molecule has 2 aliphatic heterocycles. The Kier molecular flexibility index (Phi) is 3.54. The Labute approximate surface area is 135 Å². The standard InChI is InChI=1S/C19H19NO3/c1-22-16-8-5-9-17-18(16)14-11-20(12-15(14)19(21)23-17)10-13-6-3-2-4-7-13/h2-9,14-15H,10-12H2,1H3/t14-,15+/m0/s1. The molecule has 4 rings (SSSR count). The second kappa shape index (κ2) is 5.70. The normalized spacial score (nSPS) is 23.1. The van der Waals surface area contributed by atoms with Crippen molar-refractivity contribution in [3.05, 3.63) is 59.7 Å². The van der Waals surface area contributed by atoms with Crippen molar-refractivity contribution >= 4 is 5.97 Å². The van der Waals surface area contributed by atoms with E-state index in [2.05, 4.69) is 17.0 Å². The van der Waals surface area contributed by atoms with Crippen LogP contribution in [0.3, 0.4) is 0 Å². The monoisotopic (exact) mass is 309 g/mol. The maximum atomic E-state index is 12.3. The van der Waals surface area contributed by atoms with Gasteiger partial charge in [-0.1, -0.05) is 36.4 Å². The summed E-state index contributed by atoms with van der Waals surface area (Å²) < 4.78 is 11.0. The lowest BCUT2D eigenvalue weighted by Crippen LogP contribution is -2.31. The Hall–Kier alpha value is -2.33. The first kappa shape index (κ1) is 14.3. The fourth-order valence-electron chi connectivity index (χ4n) is 3.73. The predicted molar refractivity (Wildman–Crippen MR) is 86.6 cm³/mol. The minimum absolute atomic E-state index is 0.109. The Balaban J connectivity index is 1.63. The molecular weight excluding hydrogens is 290 g/mol. The van der Waals surface area contributed by atoms with Gasteiger partial charge in [0.05, 0.1) is 13.0 Å². The van der Waals surface area contributed by atoms with E-state index in [4.69, 9.17) is 9.47 Å². The van der Waals surface area contributed by atoms with Crippen molar-refractivity contribution in [1.82, 2.24) is 4.90 Å². The number of hydrogen-bond acceptors (Lipinski definition) is 4. The Morgan fingerprint density at radius 2 is 1.87 bits per heavy atom. The zero-order valence-corrected chi connectivity index (χ0v) is 13.1. The van der Waals surface area contributed by atoms with Crippen LogP contribution in [0, 0.1) is 5.92 Å². The van der Waals surface area contributed by atoms with Gasteiger partial charge in [-0.2, -0.15) is 0 Å². The van der Waals surface area contributed by atoms with Crippen LogP contribution in [0.25, 0.3) is 0 Å². The highest BCUT2D eigenvalue weighted by atomic mass is 16.5. The highest BCUT2D eigenvalue weighted by Gasteiger charge is 2.45. The van der Waals surface area contributed by atoms with Crippen molar-refractivity contribution in [2.75, 3.05) is 20.2 Å². The predicted octanol–water partition coefficient (Wildman–Crippen LogP) is 2.83. The molecule has 4 heteroatoms. The van der Waals surface area contributed by atoms with Crippen LogP contribution < -0.4 is 9.47 Å². The number of ether oxygens (including phenoxy) is 2. The third-order valence-electron chi connectivity index (χ3n) is 4.77. The van der Waals surface area contributed by atoms with Gasteiger partial charge in [0.1, 0.15) is 11.5 Å². The minimum atomic E-state index is -0.119. The van der Waals surface area contributed by atoms with Crippen molar-refractivity contribution < 1.29 is 14.3 Å². The van der Waals surface area contributed by atoms with Crippen molar-refractivity contribution in [2.24, 2.45) is 5.92 Å². The number of methoxy groups -OCH3 is 1. The summed E-state index contributed by atoms with van der Waals surface area (Å²) in [5.74, 6) is 1.38. The molecule has 2 atom stereocenters. The average molecular weight is 309 g/mol. The molecule has 2 heterocycles. The topological polar surface area (TPSA) is 38.8 Å². The van der Waals surface area contributed by atoms with Gasteiger partial charge in [0, 0.05) is 31.1 Å². The van der Waals surface area contributed by atoms with Crippen molar-refractivity contribution in [1.29, 1.82) is 0 Å². The van der Waals surface area contributed by atoms with E-state index in [1.165, 1.54) is 5.56 Å². The fourth-order valence-corrected chi connectivity index (χ4v) is 3.73. The number of rotatable bonds is 3. The fraction of sp³-hybridized carbons (Fsp3) is 0.316. The van der Waals surface area contributed by atoms with Gasteiger partial charge in [-0.15, -0.1) is 0 Å². The average Bonchev–Trinajstić information content (AvgIpc) is 2.99. The van der Waals surface area contributed by atoms with Gasteiger partial charge < -0.3 is 9.47 Å². The van der Waals surface area contributed by atoms with Gasteiger partial charge in [0.25, 0.3) is 0 Å². The zero-order chi connectivity index (χ0) is 15.8. The first-order chi connectivity index (χ1) is 11.3. The molecule has 0 spiro atoms. The van der Waals surface area contributed by atoms with Crippen LogP contribution in [0.2, 0.25) is 0 Å². The van der Waals surface area contributed by atoms with Crippen molar-refractivity contribution in [2.45, 2.75) is 12.5 Å². The van der Waals surface area contributed by atoms with Gasteiger partial charge in [0.15, 0.2) is 0 Å². The van der Waals surface area contributed by atoms with E-state index in [9.17, 15) is 4.79 Å². The Morgan fingerprint density at radius 1 is 1.09 bits per heavy atom. The maximum absolute atomic E-state index is 12.3. The molecule has 0 radical (unpaired) electrons. The van der Waals surface area contributed by atoms with Gasteiger partial charge in [-0.3, -0.25) is 9.69 Å². The summed E-state index contributed by atoms with van der Waals surface area (Å²) in [6.07, 6.45) is 0. The maximum Gasteiger partial charge on any atom is 0.316 e. The summed E-state index contributed by atoms with van der Waals surface area (Å²) in [6, 6.07) is 16.0. The summed E-state index contributed by atoms with van der Waals surface area (Å²) in [5, 5.41) is 0. The van der Waals surface area contributed by atoms with Crippen LogP contribution in [0.4, 0.5) is 0 Å². The van der Waals surface area contributed by atoms with Crippen LogP contribution in [0.1, 0.15) is 17.0 Å². The van der Waals surface area contributed by atoms with Gasteiger partial charge in [-0.05, 0) is 17.7 Å². The third kappa shape index (κ3) is 2.49. The molecule has 118 valence electrons. The number of carbonyl (C=O) groups is 1. The molecule has 0 aromatic heterocycles. The molecular formula is C19H19NO3. The lowest BCUT2D eigenvalue weighted by atomic mass is 9.86. The second-order valence-electron chi connectivity index (χ2n) is 6.19. The molecule has 0 unspecified atom stereocenters. The molecule has 0 saturated carbocycles. The van der Waals surface area contributed by atoms with Crippen LogP contribution in [0.15, 0.2) is 48.5 Å². The molecule has 0 amide bonds. The second-order valence-corrected chi connectivity index (χ2v) is 6.19.